The molecule has 0 heterocycles. The monoisotopic (exact) mass is 1160 g/mol. The average molecular weight is 1160 g/mol. The summed E-state index contributed by atoms with van der Waals surface area (Å²) in [7, 11) is 2.34. The third kappa shape index (κ3) is 17.9. The predicted octanol–water partition coefficient (Wildman–Crippen LogP) is 9.84. The molecule has 4 amide bonds. The minimum atomic E-state index is -2.50. The first-order chi connectivity index (χ1) is 39.0. The van der Waals surface area contributed by atoms with Crippen LogP contribution in [0, 0.1) is 29.1 Å². The summed E-state index contributed by atoms with van der Waals surface area (Å²) < 4.78 is 105. The molecular formula is C59H58ClF5N4O13. The van der Waals surface area contributed by atoms with Crippen molar-refractivity contribution in [2.24, 2.45) is 0 Å². The Labute approximate surface area is 473 Å². The van der Waals surface area contributed by atoms with Gasteiger partial charge in [0.1, 0.15) is 49.3 Å². The maximum atomic E-state index is 14.9. The number of benzene rings is 6. The van der Waals surface area contributed by atoms with Crippen LogP contribution in [0.1, 0.15) is 55.0 Å². The molecule has 0 saturated carbocycles. The standard InChI is InChI=1S/C59H58ClF5N4O13/c1-59(2,3)82-58(76)67-43(29-41(70)30-66-56(74)79-32-35-17-11-7-12-18-35)53(71)69(4)45(55(73)77-5)28-39-25-37(21-23-42(39)60)38-22-24-46(78-31-34-15-9-6-10-16-34)40(26-38)27-44(68-57(75)80-33-36-19-13-8-14-20-36)54(72)81-52-50(64)48(62)47(61)49(63)51(52)65/h6-26,41,43-45,70H,27-33H2,1-5H3,(H,66,74)(H,67,76)(H,68,75)/t41-,43+,44+,45+/m1/s1. The van der Waals surface area contributed by atoms with E-state index in [4.69, 9.17) is 40.0 Å². The van der Waals surface area contributed by atoms with Crippen LogP contribution in [0.4, 0.5) is 36.3 Å². The van der Waals surface area contributed by atoms with Crippen molar-refractivity contribution in [3.05, 3.63) is 189 Å². The molecule has 0 radical (unpaired) electrons. The molecule has 0 spiro atoms. The molecule has 0 fully saturated rings. The van der Waals surface area contributed by atoms with Crippen LogP contribution in [0.15, 0.2) is 127 Å². The molecule has 0 bridgehead atoms. The number of alkyl carbamates (subject to hydrolysis) is 3. The second-order valence-corrected chi connectivity index (χ2v) is 19.8. The number of aliphatic hydroxyl groups excluding tert-OH is 1. The van der Waals surface area contributed by atoms with E-state index in [0.29, 0.717) is 27.8 Å². The molecule has 6 aromatic carbocycles. The molecule has 0 aliphatic carbocycles. The van der Waals surface area contributed by atoms with Gasteiger partial charge in [-0.2, -0.15) is 8.78 Å². The number of nitrogens with one attached hydrogen (secondary N) is 3. The number of hydrogen-bond acceptors (Lipinski definition) is 13. The summed E-state index contributed by atoms with van der Waals surface area (Å²) in [6.45, 7) is 3.93. The number of carbonyl (C=O) groups is 6. The number of rotatable bonds is 23. The second kappa shape index (κ2) is 29.1. The molecular weight excluding hydrogens is 1100 g/mol. The van der Waals surface area contributed by atoms with Crippen LogP contribution >= 0.6 is 11.6 Å². The highest BCUT2D eigenvalue weighted by Crippen LogP contribution is 2.34. The number of nitrogens with zero attached hydrogens (tertiary/aromatic N) is 1. The van der Waals surface area contributed by atoms with Crippen molar-refractivity contribution in [3.8, 4) is 22.6 Å². The lowest BCUT2D eigenvalue weighted by atomic mass is 9.95. The van der Waals surface area contributed by atoms with E-state index in [1.165, 1.54) is 25.2 Å². The molecule has 4 N–H and O–H groups in total. The highest BCUT2D eigenvalue weighted by atomic mass is 35.5. The average Bonchev–Trinajstić information content (AvgIpc) is 3.65. The summed E-state index contributed by atoms with van der Waals surface area (Å²) in [5.74, 6) is -17.5. The Bertz CT molecular complexity index is 3180. The topological polar surface area (TPSA) is 217 Å². The van der Waals surface area contributed by atoms with E-state index < -0.39 is 120 Å². The molecule has 82 heavy (non-hydrogen) atoms. The third-order valence-corrected chi connectivity index (χ3v) is 12.5. The second-order valence-electron chi connectivity index (χ2n) is 19.4. The summed E-state index contributed by atoms with van der Waals surface area (Å²) in [4.78, 5) is 82.0. The quantitative estimate of drug-likeness (QED) is 0.0117. The van der Waals surface area contributed by atoms with E-state index in [1.54, 1.807) is 130 Å². The number of likely N-dealkylation sites (N-methyl/N-ethyl adjacent to an activating group) is 1. The number of aliphatic hydroxyl groups is 1. The van der Waals surface area contributed by atoms with Gasteiger partial charge in [0.05, 0.1) is 13.2 Å². The van der Waals surface area contributed by atoms with Crippen LogP contribution < -0.4 is 25.4 Å². The van der Waals surface area contributed by atoms with Gasteiger partial charge in [-0.1, -0.05) is 115 Å². The normalized spacial score (nSPS) is 12.6. The Morgan fingerprint density at radius 1 is 0.610 bits per heavy atom. The molecule has 4 atom stereocenters. The molecule has 0 aromatic heterocycles. The zero-order chi connectivity index (χ0) is 59.7. The number of carbonyl (C=O) groups excluding carboxylic acids is 6. The Balaban J connectivity index is 1.30. The van der Waals surface area contributed by atoms with Crippen LogP contribution in [0.2, 0.25) is 5.02 Å². The van der Waals surface area contributed by atoms with Crippen LogP contribution in [-0.2, 0) is 66.0 Å². The number of esters is 2. The van der Waals surface area contributed by atoms with Crippen molar-refractivity contribution in [2.45, 2.75) is 89.7 Å². The lowest BCUT2D eigenvalue weighted by molar-refractivity contribution is -0.152. The molecule has 6 rings (SSSR count). The van der Waals surface area contributed by atoms with E-state index in [9.17, 15) is 55.8 Å². The number of methoxy groups -OCH3 is 1. The van der Waals surface area contributed by atoms with Crippen molar-refractivity contribution in [1.82, 2.24) is 20.9 Å². The van der Waals surface area contributed by atoms with Gasteiger partial charge in [-0.3, -0.25) is 4.79 Å². The SMILES string of the molecule is COC(=O)[C@H](Cc1cc(-c2ccc(OCc3ccccc3)c(C[C@H](NC(=O)OCc3ccccc3)C(=O)Oc3c(F)c(F)c(F)c(F)c3F)c2)ccc1Cl)N(C)C(=O)[C@H](C[C@@H](O)CNC(=O)OCc1ccccc1)NC(=O)OC(C)(C)C. The Morgan fingerprint density at radius 3 is 1.66 bits per heavy atom. The number of ether oxygens (including phenoxy) is 6. The van der Waals surface area contributed by atoms with Crippen molar-refractivity contribution in [2.75, 3.05) is 20.7 Å². The van der Waals surface area contributed by atoms with Gasteiger partial charge in [-0.25, -0.2) is 37.1 Å². The van der Waals surface area contributed by atoms with Crippen LogP contribution in [0.25, 0.3) is 11.1 Å². The van der Waals surface area contributed by atoms with Crippen molar-refractivity contribution >= 4 is 47.7 Å². The van der Waals surface area contributed by atoms with Crippen molar-refractivity contribution in [1.29, 1.82) is 0 Å². The van der Waals surface area contributed by atoms with Crippen molar-refractivity contribution in [3.63, 3.8) is 0 Å². The predicted molar refractivity (Wildman–Crippen MR) is 287 cm³/mol. The minimum absolute atomic E-state index is 0.0422. The van der Waals surface area contributed by atoms with Crippen LogP contribution in [0.3, 0.4) is 0 Å². The van der Waals surface area contributed by atoms with E-state index in [0.717, 1.165) is 12.0 Å². The van der Waals surface area contributed by atoms with Gasteiger partial charge in [-0.05, 0) is 84.0 Å². The molecule has 23 heteroatoms. The van der Waals surface area contributed by atoms with E-state index in [-0.39, 0.29) is 48.1 Å². The van der Waals surface area contributed by atoms with Gasteiger partial charge >= 0.3 is 30.2 Å². The summed E-state index contributed by atoms with van der Waals surface area (Å²) in [6, 6.07) is 30.2. The lowest BCUT2D eigenvalue weighted by Gasteiger charge is -2.31. The van der Waals surface area contributed by atoms with Gasteiger partial charge in [0.15, 0.2) is 0 Å². The summed E-state index contributed by atoms with van der Waals surface area (Å²) in [5, 5.41) is 18.3. The third-order valence-electron chi connectivity index (χ3n) is 12.2. The fourth-order valence-corrected chi connectivity index (χ4v) is 8.19. The molecule has 0 aliphatic heterocycles. The number of hydrogen-bond donors (Lipinski definition) is 4. The maximum absolute atomic E-state index is 14.9. The van der Waals surface area contributed by atoms with E-state index in [2.05, 4.69) is 16.0 Å². The van der Waals surface area contributed by atoms with Crippen molar-refractivity contribution < 1.29 is 84.2 Å². The van der Waals surface area contributed by atoms with Crippen LogP contribution in [-0.4, -0.2) is 96.7 Å². The minimum Gasteiger partial charge on any atom is -0.489 e. The number of amides is 4. The highest BCUT2D eigenvalue weighted by molar-refractivity contribution is 6.31. The molecule has 0 unspecified atom stereocenters. The van der Waals surface area contributed by atoms with Gasteiger partial charge in [0, 0.05) is 37.9 Å². The summed E-state index contributed by atoms with van der Waals surface area (Å²) in [6.07, 6.45) is -6.02. The summed E-state index contributed by atoms with van der Waals surface area (Å²) in [5.41, 5.74) is 2.06. The van der Waals surface area contributed by atoms with E-state index >= 15 is 0 Å². The van der Waals surface area contributed by atoms with E-state index in [1.807, 2.05) is 0 Å². The summed E-state index contributed by atoms with van der Waals surface area (Å²) >= 11 is 6.78. The molecule has 0 saturated heterocycles. The molecule has 0 aliphatic rings. The Morgan fingerprint density at radius 2 is 1.11 bits per heavy atom. The highest BCUT2D eigenvalue weighted by Gasteiger charge is 2.36. The largest absolute Gasteiger partial charge is 0.489 e. The Hall–Kier alpha value is -8.76. The first kappa shape index (κ1) is 62.4. The van der Waals surface area contributed by atoms with Gasteiger partial charge in [-0.15, -0.1) is 0 Å². The zero-order valence-corrected chi connectivity index (χ0v) is 45.7. The molecule has 17 nitrogen and oxygen atoms in total. The lowest BCUT2D eigenvalue weighted by Crippen LogP contribution is -2.55. The molecule has 6 aromatic rings. The van der Waals surface area contributed by atoms with Crippen LogP contribution in [0.5, 0.6) is 11.5 Å². The van der Waals surface area contributed by atoms with Gasteiger partial charge < -0.3 is 54.4 Å². The number of halogens is 6. The van der Waals surface area contributed by atoms with Gasteiger partial charge in [0.25, 0.3) is 0 Å². The fourth-order valence-electron chi connectivity index (χ4n) is 8.00. The maximum Gasteiger partial charge on any atom is 0.408 e. The zero-order valence-electron chi connectivity index (χ0n) is 44.9. The first-order valence-electron chi connectivity index (χ1n) is 25.3. The fraction of sp³-hybridized carbons (Fsp3) is 0.288. The Kier molecular flexibility index (Phi) is 22.2. The smallest absolute Gasteiger partial charge is 0.408 e. The van der Waals surface area contributed by atoms with Gasteiger partial charge in [0.2, 0.25) is 40.7 Å². The first-order valence-corrected chi connectivity index (χ1v) is 25.6. The molecule has 434 valence electrons.